The van der Waals surface area contributed by atoms with Gasteiger partial charge in [0.1, 0.15) is 0 Å². The summed E-state index contributed by atoms with van der Waals surface area (Å²) in [5.74, 6) is -1.43. The van der Waals surface area contributed by atoms with Crippen LogP contribution in [0.4, 0.5) is 5.69 Å². The summed E-state index contributed by atoms with van der Waals surface area (Å²) >= 11 is 7.66. The van der Waals surface area contributed by atoms with E-state index >= 15 is 0 Å². The van der Waals surface area contributed by atoms with Crippen molar-refractivity contribution in [1.29, 1.82) is 0 Å². The van der Waals surface area contributed by atoms with Crippen LogP contribution < -0.4 is 10.2 Å². The van der Waals surface area contributed by atoms with Gasteiger partial charge < -0.3 is 20.4 Å². The van der Waals surface area contributed by atoms with Crippen molar-refractivity contribution in [3.05, 3.63) is 40.3 Å². The van der Waals surface area contributed by atoms with Gasteiger partial charge in [-0.2, -0.15) is 0 Å². The van der Waals surface area contributed by atoms with Gasteiger partial charge in [-0.25, -0.2) is 0 Å². The number of halogens is 1. The number of aliphatic hydroxyl groups excluding tert-OH is 2. The van der Waals surface area contributed by atoms with Crippen LogP contribution in [0.25, 0.3) is 0 Å². The second-order valence-corrected chi connectivity index (χ2v) is 8.00. The summed E-state index contributed by atoms with van der Waals surface area (Å²) in [6.07, 6.45) is 0.815. The third-order valence-corrected chi connectivity index (χ3v) is 5.95. The molecule has 1 aromatic carbocycles. The highest BCUT2D eigenvalue weighted by atomic mass is 35.5. The number of fused-ring (bicyclic) bond motifs is 1. The molecule has 6 nitrogen and oxygen atoms in total. The van der Waals surface area contributed by atoms with E-state index in [1.165, 1.54) is 4.90 Å². The van der Waals surface area contributed by atoms with E-state index in [-0.39, 0.29) is 0 Å². The lowest BCUT2D eigenvalue weighted by molar-refractivity contribution is -0.144. The third-order valence-electron chi connectivity index (χ3n) is 4.56. The molecule has 2 heterocycles. The Morgan fingerprint density at radius 3 is 2.88 bits per heavy atom. The first-order valence-electron chi connectivity index (χ1n) is 8.51. The average molecular weight is 397 g/mol. The van der Waals surface area contributed by atoms with E-state index < -0.39 is 24.0 Å². The topological polar surface area (TPSA) is 89.9 Å². The Morgan fingerprint density at radius 2 is 2.15 bits per heavy atom. The Bertz CT molecular complexity index is 719. The highest BCUT2D eigenvalue weighted by molar-refractivity contribution is 8.03. The summed E-state index contributed by atoms with van der Waals surface area (Å²) < 4.78 is 0. The number of nitrogens with one attached hydrogen (secondary N) is 1. The maximum Gasteiger partial charge on any atom is 0.259 e. The molecule has 0 aromatic heterocycles. The number of rotatable bonds is 6. The first-order valence-corrected chi connectivity index (χ1v) is 9.83. The van der Waals surface area contributed by atoms with Crippen molar-refractivity contribution in [3.8, 4) is 0 Å². The number of allylic oxidation sites excluding steroid dienone is 1. The van der Waals surface area contributed by atoms with Crippen LogP contribution in [0.2, 0.25) is 5.02 Å². The Kier molecular flexibility index (Phi) is 6.24. The van der Waals surface area contributed by atoms with Gasteiger partial charge in [-0.15, -0.1) is 11.8 Å². The lowest BCUT2D eigenvalue weighted by atomic mass is 10.1. The number of anilines is 1. The van der Waals surface area contributed by atoms with Gasteiger partial charge >= 0.3 is 0 Å². The molecule has 0 radical (unpaired) electrons. The van der Waals surface area contributed by atoms with Gasteiger partial charge in [-0.05, 0) is 48.4 Å². The van der Waals surface area contributed by atoms with Crippen LogP contribution in [0, 0.1) is 0 Å². The van der Waals surface area contributed by atoms with Gasteiger partial charge in [0.15, 0.2) is 12.2 Å². The molecular weight excluding hydrogens is 376 g/mol. The standard InChI is InChI=1S/C18H21ClN2O4S/c19-12-3-4-14-11(10-12)6-8-21(14)18(25)16(23)15(22)17(24)20-7-5-13-2-1-9-26-13/h1,3-4,9-10,13,15-16,22-23H,2,5-8H2,(H,20,24)/t13?,15-,16-/m1/s1. The number of carbonyl (C=O) groups excluding carboxylic acids is 2. The quantitative estimate of drug-likeness (QED) is 0.677. The first-order chi connectivity index (χ1) is 12.5. The summed E-state index contributed by atoms with van der Waals surface area (Å²) in [4.78, 5) is 25.9. The largest absolute Gasteiger partial charge is 0.380 e. The van der Waals surface area contributed by atoms with Crippen LogP contribution in [0.3, 0.4) is 0 Å². The van der Waals surface area contributed by atoms with E-state index in [2.05, 4.69) is 11.4 Å². The number of thioether (sulfide) groups is 1. The van der Waals surface area contributed by atoms with Crippen molar-refractivity contribution in [2.24, 2.45) is 0 Å². The van der Waals surface area contributed by atoms with E-state index in [0.29, 0.717) is 35.5 Å². The fourth-order valence-electron chi connectivity index (χ4n) is 3.11. The maximum atomic E-state index is 12.5. The van der Waals surface area contributed by atoms with Gasteiger partial charge in [0.2, 0.25) is 0 Å². The molecule has 26 heavy (non-hydrogen) atoms. The molecule has 1 aromatic rings. The Morgan fingerprint density at radius 1 is 1.35 bits per heavy atom. The number of nitrogens with zero attached hydrogens (tertiary/aromatic N) is 1. The first kappa shape index (κ1) is 19.2. The maximum absolute atomic E-state index is 12.5. The zero-order valence-electron chi connectivity index (χ0n) is 14.1. The second-order valence-electron chi connectivity index (χ2n) is 6.35. The summed E-state index contributed by atoms with van der Waals surface area (Å²) in [7, 11) is 0. The number of hydrogen-bond donors (Lipinski definition) is 3. The van der Waals surface area contributed by atoms with Crippen molar-refractivity contribution in [2.45, 2.75) is 36.7 Å². The van der Waals surface area contributed by atoms with Gasteiger partial charge in [0.25, 0.3) is 11.8 Å². The van der Waals surface area contributed by atoms with Crippen LogP contribution in [-0.4, -0.2) is 52.6 Å². The molecule has 0 saturated carbocycles. The smallest absolute Gasteiger partial charge is 0.259 e. The average Bonchev–Trinajstić information content (AvgIpc) is 3.28. The monoisotopic (exact) mass is 396 g/mol. The van der Waals surface area contributed by atoms with Gasteiger partial charge in [0.05, 0.1) is 0 Å². The summed E-state index contributed by atoms with van der Waals surface area (Å²) in [5.41, 5.74) is 1.55. The van der Waals surface area contributed by atoms with Crippen LogP contribution in [-0.2, 0) is 16.0 Å². The van der Waals surface area contributed by atoms with Crippen molar-refractivity contribution in [2.75, 3.05) is 18.0 Å². The predicted molar refractivity (Wildman–Crippen MR) is 102 cm³/mol. The minimum atomic E-state index is -1.81. The van der Waals surface area contributed by atoms with E-state index in [0.717, 1.165) is 18.4 Å². The fourth-order valence-corrected chi connectivity index (χ4v) is 4.23. The number of hydrogen-bond acceptors (Lipinski definition) is 5. The number of carbonyl (C=O) groups is 2. The Hall–Kier alpha value is -1.54. The molecule has 2 aliphatic heterocycles. The zero-order chi connectivity index (χ0) is 18.7. The second kappa shape index (κ2) is 8.43. The normalized spacial score (nSPS) is 20.7. The van der Waals surface area contributed by atoms with Crippen molar-refractivity contribution >= 4 is 40.9 Å². The van der Waals surface area contributed by atoms with Crippen LogP contribution in [0.15, 0.2) is 29.7 Å². The third kappa shape index (κ3) is 4.23. The molecule has 0 aliphatic carbocycles. The van der Waals surface area contributed by atoms with E-state index in [9.17, 15) is 19.8 Å². The summed E-state index contributed by atoms with van der Waals surface area (Å²) in [6, 6.07) is 5.14. The van der Waals surface area contributed by atoms with Crippen LogP contribution >= 0.6 is 23.4 Å². The minimum absolute atomic E-state index is 0.381. The van der Waals surface area contributed by atoms with E-state index in [1.807, 2.05) is 5.41 Å². The molecule has 1 unspecified atom stereocenters. The van der Waals surface area contributed by atoms with E-state index in [1.54, 1.807) is 30.0 Å². The molecule has 2 amide bonds. The molecule has 0 spiro atoms. The molecular formula is C18H21ClN2O4S. The highest BCUT2D eigenvalue weighted by Gasteiger charge is 2.36. The van der Waals surface area contributed by atoms with Crippen molar-refractivity contribution in [1.82, 2.24) is 5.32 Å². The molecule has 140 valence electrons. The molecule has 3 atom stereocenters. The molecule has 3 N–H and O–H groups in total. The number of amides is 2. The number of benzene rings is 1. The summed E-state index contributed by atoms with van der Waals surface area (Å²) in [6.45, 7) is 0.771. The minimum Gasteiger partial charge on any atom is -0.380 e. The fraction of sp³-hybridized carbons (Fsp3) is 0.444. The lowest BCUT2D eigenvalue weighted by Crippen LogP contribution is -2.50. The van der Waals surface area contributed by atoms with Crippen LogP contribution in [0.5, 0.6) is 0 Å². The molecule has 8 heteroatoms. The molecule has 2 aliphatic rings. The van der Waals surface area contributed by atoms with Gasteiger partial charge in [-0.3, -0.25) is 9.59 Å². The lowest BCUT2D eigenvalue weighted by Gasteiger charge is -2.23. The zero-order valence-corrected chi connectivity index (χ0v) is 15.7. The summed E-state index contributed by atoms with van der Waals surface area (Å²) in [5, 5.41) is 25.8. The van der Waals surface area contributed by atoms with Gasteiger partial charge in [0, 0.05) is 29.0 Å². The van der Waals surface area contributed by atoms with Crippen LogP contribution in [0.1, 0.15) is 18.4 Å². The Labute approximate surface area is 161 Å². The SMILES string of the molecule is O=C(NCCC1CC=CS1)[C@H](O)[C@@H](O)C(=O)N1CCc2cc(Cl)ccc21. The number of aliphatic hydroxyl groups is 2. The predicted octanol–water partition coefficient (Wildman–Crippen LogP) is 1.48. The molecule has 0 fully saturated rings. The van der Waals surface area contributed by atoms with Gasteiger partial charge in [-0.1, -0.05) is 17.7 Å². The highest BCUT2D eigenvalue weighted by Crippen LogP contribution is 2.31. The van der Waals surface area contributed by atoms with Crippen molar-refractivity contribution < 1.29 is 19.8 Å². The Balaban J connectivity index is 1.53. The van der Waals surface area contributed by atoms with Crippen molar-refractivity contribution in [3.63, 3.8) is 0 Å². The van der Waals surface area contributed by atoms with E-state index in [4.69, 9.17) is 11.6 Å². The molecule has 0 bridgehead atoms. The molecule has 3 rings (SSSR count). The molecule has 0 saturated heterocycles.